The number of anilines is 2. The van der Waals surface area contributed by atoms with E-state index in [1.165, 1.54) is 6.26 Å². The van der Waals surface area contributed by atoms with Gasteiger partial charge in [-0.05, 0) is 69.2 Å². The van der Waals surface area contributed by atoms with Crippen molar-refractivity contribution in [2.24, 2.45) is 5.41 Å². The zero-order valence-electron chi connectivity index (χ0n) is 20.1. The van der Waals surface area contributed by atoms with Crippen LogP contribution in [0.3, 0.4) is 0 Å². The van der Waals surface area contributed by atoms with Gasteiger partial charge in [0.1, 0.15) is 12.9 Å². The summed E-state index contributed by atoms with van der Waals surface area (Å²) in [5, 5.41) is 15.2. The molecular weight excluding hydrogens is 486 g/mol. The number of oxazole rings is 1. The first-order valence-electron chi connectivity index (χ1n) is 11.0. The Balaban J connectivity index is 1.86. The third-order valence-corrected chi connectivity index (χ3v) is 5.84. The fourth-order valence-electron chi connectivity index (χ4n) is 3.36. The molecule has 1 aromatic heterocycles. The van der Waals surface area contributed by atoms with Gasteiger partial charge in [-0.25, -0.2) is 0 Å². The summed E-state index contributed by atoms with van der Waals surface area (Å²) in [4.78, 5) is 12.5. The van der Waals surface area contributed by atoms with Crippen molar-refractivity contribution in [3.63, 3.8) is 0 Å². The van der Waals surface area contributed by atoms with Gasteiger partial charge in [-0.1, -0.05) is 35.9 Å². The molecule has 1 atom stereocenters. The molecule has 10 heteroatoms. The second-order valence-electron chi connectivity index (χ2n) is 9.47. The summed E-state index contributed by atoms with van der Waals surface area (Å²) in [7, 11) is 0. The fraction of sp³-hybridized carbons (Fsp3) is 0.320. The zero-order valence-corrected chi connectivity index (χ0v) is 21.7. The number of benzene rings is 2. The van der Waals surface area contributed by atoms with Crippen molar-refractivity contribution in [2.45, 2.75) is 39.8 Å². The van der Waals surface area contributed by atoms with E-state index in [0.29, 0.717) is 22.9 Å². The molecule has 2 aromatic carbocycles. The van der Waals surface area contributed by atoms with Crippen molar-refractivity contribution in [3.05, 3.63) is 76.8 Å². The Bertz CT molecular complexity index is 1280. The van der Waals surface area contributed by atoms with Crippen LogP contribution in [-0.2, 0) is 21.6 Å². The number of halogens is 1. The number of esters is 1. The van der Waals surface area contributed by atoms with Gasteiger partial charge in [-0.3, -0.25) is 14.8 Å². The minimum Gasteiger partial charge on any atom is -0.462 e. The quantitative estimate of drug-likeness (QED) is 0.206. The Morgan fingerprint density at radius 2 is 1.94 bits per heavy atom. The molecule has 5 N–H and O–H groups in total. The molecule has 0 aliphatic carbocycles. The third kappa shape index (κ3) is 6.64. The normalized spacial score (nSPS) is 13.1. The summed E-state index contributed by atoms with van der Waals surface area (Å²) in [5.41, 5.74) is 7.47. The van der Waals surface area contributed by atoms with Crippen LogP contribution >= 0.6 is 23.8 Å². The number of nitrogens with one attached hydrogen (secondary N) is 3. The van der Waals surface area contributed by atoms with Crippen LogP contribution < -0.4 is 22.1 Å². The summed E-state index contributed by atoms with van der Waals surface area (Å²) >= 11 is 11.9. The molecule has 1 heterocycles. The highest BCUT2D eigenvalue weighted by molar-refractivity contribution is 7.80. The Labute approximate surface area is 214 Å². The van der Waals surface area contributed by atoms with Crippen molar-refractivity contribution >= 4 is 46.3 Å². The average molecular weight is 516 g/mol. The lowest BCUT2D eigenvalue weighted by Gasteiger charge is -2.33. The van der Waals surface area contributed by atoms with Crippen LogP contribution in [0.4, 0.5) is 11.4 Å². The van der Waals surface area contributed by atoms with E-state index in [1.807, 2.05) is 31.2 Å². The van der Waals surface area contributed by atoms with Crippen LogP contribution in [0, 0.1) is 10.8 Å². The van der Waals surface area contributed by atoms with E-state index in [0.717, 1.165) is 11.1 Å². The van der Waals surface area contributed by atoms with Crippen molar-refractivity contribution in [1.29, 1.82) is 5.41 Å². The summed E-state index contributed by atoms with van der Waals surface area (Å²) in [6, 6.07) is 12.8. The molecule has 0 bridgehead atoms. The lowest BCUT2D eigenvalue weighted by molar-refractivity contribution is -0.155. The Morgan fingerprint density at radius 1 is 1.23 bits per heavy atom. The van der Waals surface area contributed by atoms with E-state index in [4.69, 9.17) is 44.1 Å². The highest BCUT2D eigenvalue weighted by Gasteiger charge is 2.32. The molecule has 0 aliphatic heterocycles. The summed E-state index contributed by atoms with van der Waals surface area (Å²) in [5.74, 6) is -0.329. The number of carbonyl (C=O) groups excluding carboxylic acids is 1. The Morgan fingerprint density at radius 3 is 2.57 bits per heavy atom. The van der Waals surface area contributed by atoms with Crippen LogP contribution in [0.1, 0.15) is 38.8 Å². The maximum atomic E-state index is 12.5. The predicted molar refractivity (Wildman–Crippen MR) is 141 cm³/mol. The summed E-state index contributed by atoms with van der Waals surface area (Å²) in [6.45, 7) is 7.66. The number of aromatic nitrogens is 1. The van der Waals surface area contributed by atoms with Gasteiger partial charge < -0.3 is 25.5 Å². The Hall–Kier alpha value is -3.30. The van der Waals surface area contributed by atoms with Crippen LogP contribution in [0.15, 0.2) is 59.3 Å². The maximum absolute atomic E-state index is 12.5. The first-order chi connectivity index (χ1) is 16.4. The molecule has 8 nitrogen and oxygen atoms in total. The van der Waals surface area contributed by atoms with Gasteiger partial charge >= 0.3 is 5.97 Å². The van der Waals surface area contributed by atoms with Crippen molar-refractivity contribution in [2.75, 3.05) is 17.7 Å². The molecule has 0 spiro atoms. The number of rotatable bonds is 7. The summed E-state index contributed by atoms with van der Waals surface area (Å²) in [6.07, 6.45) is 3.12. The van der Waals surface area contributed by atoms with Crippen LogP contribution in [0.5, 0.6) is 0 Å². The van der Waals surface area contributed by atoms with E-state index >= 15 is 0 Å². The molecule has 3 rings (SSSR count). The molecular formula is C25H30ClN5O3S. The van der Waals surface area contributed by atoms with Gasteiger partial charge in [-0.15, -0.1) is 0 Å². The number of nitrogen functional groups attached to an aromatic ring is 1. The third-order valence-electron chi connectivity index (χ3n) is 5.40. The van der Waals surface area contributed by atoms with Crippen LogP contribution in [-0.4, -0.2) is 22.3 Å². The molecule has 0 amide bonds. The van der Waals surface area contributed by atoms with E-state index in [9.17, 15) is 4.79 Å². The monoisotopic (exact) mass is 515 g/mol. The molecule has 1 unspecified atom stereocenters. The molecule has 0 fully saturated rings. The van der Waals surface area contributed by atoms with Crippen molar-refractivity contribution in [3.8, 4) is 0 Å². The Kier molecular flexibility index (Phi) is 7.92. The van der Waals surface area contributed by atoms with Crippen LogP contribution in [0.2, 0.25) is 5.02 Å². The number of nitrogens with zero attached hydrogens (tertiary/aromatic N) is 1. The first-order valence-corrected chi connectivity index (χ1v) is 11.8. The van der Waals surface area contributed by atoms with Crippen molar-refractivity contribution < 1.29 is 13.9 Å². The minimum absolute atomic E-state index is 0.0215. The van der Waals surface area contributed by atoms with E-state index in [-0.39, 0.29) is 23.4 Å². The molecule has 0 radical (unpaired) electrons. The maximum Gasteiger partial charge on any atom is 0.311 e. The van der Waals surface area contributed by atoms with E-state index < -0.39 is 11.0 Å². The first kappa shape index (κ1) is 26.3. The highest BCUT2D eigenvalue weighted by Crippen LogP contribution is 2.28. The fourth-order valence-corrected chi connectivity index (χ4v) is 3.88. The molecule has 0 saturated heterocycles. The number of hydrogen-bond acceptors (Lipinski definition) is 6. The van der Waals surface area contributed by atoms with Gasteiger partial charge in [-0.2, -0.15) is 0 Å². The molecule has 0 saturated carbocycles. The largest absolute Gasteiger partial charge is 0.462 e. The number of nitrogens with two attached hydrogens (primary N) is 1. The minimum atomic E-state index is -0.882. The second-order valence-corrected chi connectivity index (χ2v) is 10.3. The zero-order chi connectivity index (χ0) is 25.8. The SMILES string of the molecule is CC(C)(C)C(=O)OCC(C)(NC(=S)Nc1c(N)cccc1Cn1ccoc1=N)c1cccc(Cl)c1. The molecule has 0 aliphatic rings. The number of ether oxygens (including phenoxy) is 1. The standard InChI is InChI=1S/C25H30ClN5O3S/c1-24(2,3)21(32)34-15-25(4,17-8-6-9-18(26)13-17)30-23(35)29-20-16(7-5-10-19(20)27)14-31-11-12-33-22(31)28/h5-13,28H,14-15,27H2,1-4H3,(H2,29,30,35). The van der Waals surface area contributed by atoms with Crippen LogP contribution in [0.25, 0.3) is 0 Å². The van der Waals surface area contributed by atoms with Gasteiger partial charge in [0.25, 0.3) is 5.68 Å². The topological polar surface area (TPSA) is 118 Å². The number of para-hydroxylation sites is 1. The van der Waals surface area contributed by atoms with Gasteiger partial charge in [0, 0.05) is 11.2 Å². The number of thiocarbonyl (C=S) groups is 1. The predicted octanol–water partition coefficient (Wildman–Crippen LogP) is 4.64. The van der Waals surface area contributed by atoms with Gasteiger partial charge in [0.05, 0.1) is 28.9 Å². The lowest BCUT2D eigenvalue weighted by Crippen LogP contribution is -2.49. The lowest BCUT2D eigenvalue weighted by atomic mass is 9.92. The summed E-state index contributed by atoms with van der Waals surface area (Å²) < 4.78 is 12.4. The van der Waals surface area contributed by atoms with E-state index in [1.54, 1.807) is 49.7 Å². The number of carbonyl (C=O) groups is 1. The molecule has 186 valence electrons. The molecule has 3 aromatic rings. The van der Waals surface area contributed by atoms with Gasteiger partial charge in [0.15, 0.2) is 5.11 Å². The molecule has 35 heavy (non-hydrogen) atoms. The van der Waals surface area contributed by atoms with Gasteiger partial charge in [0.2, 0.25) is 0 Å². The van der Waals surface area contributed by atoms with Crippen molar-refractivity contribution in [1.82, 2.24) is 9.88 Å². The highest BCUT2D eigenvalue weighted by atomic mass is 35.5. The second kappa shape index (κ2) is 10.5. The number of hydrogen-bond donors (Lipinski definition) is 4. The average Bonchev–Trinajstić information content (AvgIpc) is 3.18. The van der Waals surface area contributed by atoms with E-state index in [2.05, 4.69) is 10.6 Å². The smallest absolute Gasteiger partial charge is 0.311 e.